The first-order valence-electron chi connectivity index (χ1n) is 6.40. The Morgan fingerprint density at radius 1 is 1.25 bits per heavy atom. The summed E-state index contributed by atoms with van der Waals surface area (Å²) >= 11 is 2.05. The molecule has 0 aromatic rings. The van der Waals surface area contributed by atoms with Gasteiger partial charge in [0.05, 0.1) is 19.8 Å². The minimum absolute atomic E-state index is 0.472. The molecule has 0 aromatic heterocycles. The zero-order chi connectivity index (χ0) is 11.0. The summed E-state index contributed by atoms with van der Waals surface area (Å²) in [5.41, 5.74) is 0.472. The highest BCUT2D eigenvalue weighted by atomic mass is 127. The highest BCUT2D eigenvalue weighted by Crippen LogP contribution is 2.44. The third-order valence-corrected chi connectivity index (χ3v) is 5.00. The van der Waals surface area contributed by atoms with Crippen molar-refractivity contribution in [2.45, 2.75) is 44.2 Å². The molecular weight excluding hydrogens is 317 g/mol. The maximum absolute atomic E-state index is 5.64. The molecule has 2 unspecified atom stereocenters. The standard InChI is InChI=1S/C12H20INO2/c13-16-9-12(4-1-5-12)8-14-10-2-3-11(14)7-15-6-10/h10-11H,1-9H2. The zero-order valence-electron chi connectivity index (χ0n) is 9.66. The van der Waals surface area contributed by atoms with Crippen molar-refractivity contribution in [1.82, 2.24) is 4.90 Å². The molecule has 16 heavy (non-hydrogen) atoms. The summed E-state index contributed by atoms with van der Waals surface area (Å²) in [6.07, 6.45) is 6.77. The van der Waals surface area contributed by atoms with Crippen LogP contribution in [0.15, 0.2) is 0 Å². The van der Waals surface area contributed by atoms with E-state index in [0.29, 0.717) is 17.5 Å². The first-order chi connectivity index (χ1) is 7.83. The van der Waals surface area contributed by atoms with E-state index in [9.17, 15) is 0 Å². The summed E-state index contributed by atoms with van der Waals surface area (Å²) in [7, 11) is 0. The van der Waals surface area contributed by atoms with Gasteiger partial charge in [-0.25, -0.2) is 0 Å². The average Bonchev–Trinajstić information content (AvgIpc) is 2.49. The number of hydrogen-bond donors (Lipinski definition) is 0. The lowest BCUT2D eigenvalue weighted by atomic mass is 9.69. The van der Waals surface area contributed by atoms with Crippen LogP contribution in [0, 0.1) is 5.41 Å². The van der Waals surface area contributed by atoms with Crippen LogP contribution in [0.3, 0.4) is 0 Å². The van der Waals surface area contributed by atoms with Crippen molar-refractivity contribution < 1.29 is 7.80 Å². The van der Waals surface area contributed by atoms with E-state index in [0.717, 1.165) is 19.8 Å². The molecular formula is C12H20INO2. The summed E-state index contributed by atoms with van der Waals surface area (Å²) < 4.78 is 11.0. The number of morpholine rings is 1. The Bertz CT molecular complexity index is 241. The van der Waals surface area contributed by atoms with Crippen LogP contribution < -0.4 is 0 Å². The lowest BCUT2D eigenvalue weighted by Crippen LogP contribution is -2.53. The molecule has 2 saturated heterocycles. The molecule has 0 spiro atoms. The minimum atomic E-state index is 0.472. The summed E-state index contributed by atoms with van der Waals surface area (Å²) in [5.74, 6) is 0. The number of fused-ring (bicyclic) bond motifs is 2. The van der Waals surface area contributed by atoms with Crippen LogP contribution in [-0.4, -0.2) is 43.3 Å². The van der Waals surface area contributed by atoms with Crippen molar-refractivity contribution in [2.75, 3.05) is 26.4 Å². The fourth-order valence-electron chi connectivity index (χ4n) is 3.50. The molecule has 3 fully saturated rings. The van der Waals surface area contributed by atoms with Crippen molar-refractivity contribution in [3.63, 3.8) is 0 Å². The molecule has 92 valence electrons. The van der Waals surface area contributed by atoms with Gasteiger partial charge in [-0.1, -0.05) is 6.42 Å². The number of nitrogens with zero attached hydrogens (tertiary/aromatic N) is 1. The fourth-order valence-corrected chi connectivity index (χ4v) is 4.16. The Morgan fingerprint density at radius 3 is 2.44 bits per heavy atom. The SMILES string of the molecule is IOCC1(CN2C3CCC2COC3)CCC1. The van der Waals surface area contributed by atoms with Crippen molar-refractivity contribution in [2.24, 2.45) is 5.41 Å². The quantitative estimate of drug-likeness (QED) is 0.736. The second-order valence-corrected chi connectivity index (χ2v) is 6.32. The van der Waals surface area contributed by atoms with Gasteiger partial charge in [0, 0.05) is 24.0 Å². The smallest absolute Gasteiger partial charge is 0.109 e. The van der Waals surface area contributed by atoms with Crippen LogP contribution in [0.25, 0.3) is 0 Å². The van der Waals surface area contributed by atoms with E-state index in [1.807, 2.05) is 23.0 Å². The number of ether oxygens (including phenoxy) is 1. The Kier molecular flexibility index (Phi) is 3.44. The van der Waals surface area contributed by atoms with Gasteiger partial charge >= 0.3 is 0 Å². The van der Waals surface area contributed by atoms with E-state index in [-0.39, 0.29) is 0 Å². The Morgan fingerprint density at radius 2 is 1.94 bits per heavy atom. The fraction of sp³-hybridized carbons (Fsp3) is 1.00. The van der Waals surface area contributed by atoms with E-state index < -0.39 is 0 Å². The second kappa shape index (κ2) is 4.71. The minimum Gasteiger partial charge on any atom is -0.378 e. The monoisotopic (exact) mass is 337 g/mol. The molecule has 0 amide bonds. The van der Waals surface area contributed by atoms with Crippen molar-refractivity contribution in [3.05, 3.63) is 0 Å². The van der Waals surface area contributed by atoms with Gasteiger partial charge in [-0.15, -0.1) is 0 Å². The lowest BCUT2D eigenvalue weighted by molar-refractivity contribution is -0.0568. The largest absolute Gasteiger partial charge is 0.378 e. The van der Waals surface area contributed by atoms with Crippen LogP contribution in [0.5, 0.6) is 0 Å². The maximum atomic E-state index is 5.64. The lowest BCUT2D eigenvalue weighted by Gasteiger charge is -2.47. The van der Waals surface area contributed by atoms with Gasteiger partial charge in [0.15, 0.2) is 0 Å². The molecule has 2 aliphatic heterocycles. The summed E-state index contributed by atoms with van der Waals surface area (Å²) in [6.45, 7) is 4.09. The maximum Gasteiger partial charge on any atom is 0.109 e. The summed E-state index contributed by atoms with van der Waals surface area (Å²) in [4.78, 5) is 2.72. The van der Waals surface area contributed by atoms with Gasteiger partial charge in [-0.2, -0.15) is 0 Å². The van der Waals surface area contributed by atoms with Gasteiger partial charge in [-0.3, -0.25) is 4.90 Å². The van der Waals surface area contributed by atoms with Crippen molar-refractivity contribution >= 4 is 23.0 Å². The molecule has 2 bridgehead atoms. The molecule has 2 heterocycles. The molecule has 4 heteroatoms. The Labute approximate surface area is 112 Å². The van der Waals surface area contributed by atoms with Crippen LogP contribution in [-0.2, 0) is 7.80 Å². The van der Waals surface area contributed by atoms with Crippen molar-refractivity contribution in [1.29, 1.82) is 0 Å². The normalized spacial score (nSPS) is 37.3. The molecule has 0 N–H and O–H groups in total. The van der Waals surface area contributed by atoms with Gasteiger partial charge in [0.25, 0.3) is 0 Å². The predicted octanol–water partition coefficient (Wildman–Crippen LogP) is 2.39. The van der Waals surface area contributed by atoms with Crippen molar-refractivity contribution in [3.8, 4) is 0 Å². The van der Waals surface area contributed by atoms with E-state index >= 15 is 0 Å². The molecule has 3 aliphatic rings. The summed E-state index contributed by atoms with van der Waals surface area (Å²) in [5, 5.41) is 0. The molecule has 0 aromatic carbocycles. The first-order valence-corrected chi connectivity index (χ1v) is 7.28. The van der Waals surface area contributed by atoms with Gasteiger partial charge in [-0.05, 0) is 25.7 Å². The third kappa shape index (κ3) is 2.02. The predicted molar refractivity (Wildman–Crippen MR) is 70.6 cm³/mol. The summed E-state index contributed by atoms with van der Waals surface area (Å²) in [6, 6.07) is 1.40. The Balaban J connectivity index is 1.65. The van der Waals surface area contributed by atoms with Crippen LogP contribution in [0.4, 0.5) is 0 Å². The molecule has 1 aliphatic carbocycles. The Hall–Kier alpha value is 0.610. The second-order valence-electron chi connectivity index (χ2n) is 5.70. The molecule has 1 saturated carbocycles. The molecule has 2 atom stereocenters. The third-order valence-electron chi connectivity index (χ3n) is 4.68. The number of hydrogen-bond acceptors (Lipinski definition) is 3. The van der Waals surface area contributed by atoms with Crippen LogP contribution >= 0.6 is 23.0 Å². The van der Waals surface area contributed by atoms with Crippen LogP contribution in [0.1, 0.15) is 32.1 Å². The van der Waals surface area contributed by atoms with Gasteiger partial charge in [0.1, 0.15) is 23.0 Å². The highest BCUT2D eigenvalue weighted by Gasteiger charge is 2.45. The van der Waals surface area contributed by atoms with Gasteiger partial charge in [0.2, 0.25) is 0 Å². The number of rotatable bonds is 4. The first kappa shape index (κ1) is 11.7. The van der Waals surface area contributed by atoms with E-state index in [1.54, 1.807) is 0 Å². The highest BCUT2D eigenvalue weighted by molar-refractivity contribution is 14.1. The van der Waals surface area contributed by atoms with Crippen LogP contribution in [0.2, 0.25) is 0 Å². The topological polar surface area (TPSA) is 21.7 Å². The molecule has 3 rings (SSSR count). The van der Waals surface area contributed by atoms with E-state index in [1.165, 1.54) is 38.6 Å². The molecule has 3 nitrogen and oxygen atoms in total. The zero-order valence-corrected chi connectivity index (χ0v) is 11.8. The molecule has 0 radical (unpaired) electrons. The van der Waals surface area contributed by atoms with Gasteiger partial charge < -0.3 is 7.80 Å². The van der Waals surface area contributed by atoms with E-state index in [4.69, 9.17) is 7.80 Å². The van der Waals surface area contributed by atoms with E-state index in [2.05, 4.69) is 4.90 Å². The average molecular weight is 337 g/mol. The number of halogens is 1.